The molecule has 2 amide bonds. The minimum atomic E-state index is -1.13. The van der Waals surface area contributed by atoms with Gasteiger partial charge in [0, 0.05) is 20.5 Å². The summed E-state index contributed by atoms with van der Waals surface area (Å²) in [7, 11) is 3.08. The molecule has 8 heteroatoms. The van der Waals surface area contributed by atoms with E-state index in [-0.39, 0.29) is 19.6 Å². The number of hydrogen-bond donors (Lipinski definition) is 1. The normalized spacial score (nSPS) is 19.6. The van der Waals surface area contributed by atoms with Crippen molar-refractivity contribution >= 4 is 18.2 Å². The fourth-order valence-electron chi connectivity index (χ4n) is 2.69. The van der Waals surface area contributed by atoms with Crippen LogP contribution in [0, 0.1) is 0 Å². The number of aliphatic carboxylic acids is 1. The Morgan fingerprint density at radius 2 is 1.76 bits per heavy atom. The molecule has 1 fully saturated rings. The van der Waals surface area contributed by atoms with Crippen LogP contribution in [0.2, 0.25) is 0 Å². The lowest BCUT2D eigenvalue weighted by molar-refractivity contribution is -0.141. The third-order valence-corrected chi connectivity index (χ3v) is 4.14. The molecule has 0 aromatic carbocycles. The Morgan fingerprint density at radius 1 is 1.12 bits per heavy atom. The third kappa shape index (κ3) is 7.19. The molecule has 2 atom stereocenters. The Morgan fingerprint density at radius 3 is 2.36 bits per heavy atom. The molecule has 0 aromatic rings. The van der Waals surface area contributed by atoms with Crippen molar-refractivity contribution in [3.05, 3.63) is 0 Å². The van der Waals surface area contributed by atoms with E-state index in [1.165, 1.54) is 24.2 Å². The first-order chi connectivity index (χ1) is 11.9. The fraction of sp³-hybridized carbons (Fsp3) is 0.824. The number of carbonyl (C=O) groups excluding carboxylic acids is 2. The molecule has 0 spiro atoms. The number of carbonyl (C=O) groups is 3. The molecule has 0 bridgehead atoms. The van der Waals surface area contributed by atoms with E-state index in [4.69, 9.17) is 9.47 Å². The predicted octanol–water partition coefficient (Wildman–Crippen LogP) is 2.71. The van der Waals surface area contributed by atoms with E-state index in [2.05, 4.69) is 6.92 Å². The maximum atomic E-state index is 12.2. The van der Waals surface area contributed by atoms with E-state index in [0.29, 0.717) is 0 Å². The Hall–Kier alpha value is -1.99. The molecular weight excluding hydrogens is 328 g/mol. The van der Waals surface area contributed by atoms with E-state index in [1.807, 2.05) is 0 Å². The van der Waals surface area contributed by atoms with E-state index in [1.54, 1.807) is 14.1 Å². The molecule has 0 saturated carbocycles. The lowest BCUT2D eigenvalue weighted by Crippen LogP contribution is -2.41. The van der Waals surface area contributed by atoms with Gasteiger partial charge in [-0.2, -0.15) is 0 Å². The minimum Gasteiger partial charge on any atom is -0.480 e. The van der Waals surface area contributed by atoms with Crippen molar-refractivity contribution in [2.45, 2.75) is 64.0 Å². The molecule has 0 aliphatic carbocycles. The van der Waals surface area contributed by atoms with Gasteiger partial charge in [0.05, 0.1) is 13.2 Å². The molecule has 0 aromatic heterocycles. The van der Waals surface area contributed by atoms with E-state index in [9.17, 15) is 19.5 Å². The summed E-state index contributed by atoms with van der Waals surface area (Å²) in [5.41, 5.74) is 0. The zero-order chi connectivity index (χ0) is 18.8. The Balaban J connectivity index is 2.41. The molecular formula is C17H30N2O6. The summed E-state index contributed by atoms with van der Waals surface area (Å²) in [4.78, 5) is 37.5. The van der Waals surface area contributed by atoms with E-state index < -0.39 is 30.3 Å². The van der Waals surface area contributed by atoms with Gasteiger partial charge in [-0.3, -0.25) is 4.90 Å². The molecule has 1 rings (SSSR count). The van der Waals surface area contributed by atoms with Crippen molar-refractivity contribution in [1.82, 2.24) is 9.80 Å². The summed E-state index contributed by atoms with van der Waals surface area (Å²) in [5.74, 6) is -1.13. The minimum absolute atomic E-state index is 0.0336. The van der Waals surface area contributed by atoms with Crippen molar-refractivity contribution in [1.29, 1.82) is 0 Å². The fourth-order valence-corrected chi connectivity index (χ4v) is 2.69. The van der Waals surface area contributed by atoms with Gasteiger partial charge in [-0.15, -0.1) is 0 Å². The highest BCUT2D eigenvalue weighted by molar-refractivity contribution is 5.81. The molecule has 1 saturated heterocycles. The molecule has 1 aliphatic heterocycles. The number of nitrogens with zero attached hydrogens (tertiary/aromatic N) is 2. The van der Waals surface area contributed by atoms with Crippen molar-refractivity contribution < 1.29 is 29.0 Å². The van der Waals surface area contributed by atoms with Gasteiger partial charge in [-0.25, -0.2) is 14.4 Å². The SMILES string of the molecule is CCCCCCCCOC(=O)N1C[C@H](OC(=O)N(C)C)C[C@H]1C(=O)O. The van der Waals surface area contributed by atoms with Crippen molar-refractivity contribution in [3.63, 3.8) is 0 Å². The first-order valence-corrected chi connectivity index (χ1v) is 8.91. The quantitative estimate of drug-likeness (QED) is 0.637. The third-order valence-electron chi connectivity index (χ3n) is 4.14. The predicted molar refractivity (Wildman–Crippen MR) is 91.4 cm³/mol. The summed E-state index contributed by atoms with van der Waals surface area (Å²) in [6.45, 7) is 2.46. The lowest BCUT2D eigenvalue weighted by atomic mass is 10.1. The number of ether oxygens (including phenoxy) is 2. The molecule has 25 heavy (non-hydrogen) atoms. The number of likely N-dealkylation sites (tertiary alicyclic amines) is 1. The molecule has 1 aliphatic rings. The Bertz CT molecular complexity index is 454. The van der Waals surface area contributed by atoms with Crippen LogP contribution >= 0.6 is 0 Å². The second kappa shape index (κ2) is 10.8. The number of carboxylic acids is 1. The summed E-state index contributed by atoms with van der Waals surface area (Å²) in [6.07, 6.45) is 4.63. The van der Waals surface area contributed by atoms with Crippen LogP contribution in [0.25, 0.3) is 0 Å². The number of hydrogen-bond acceptors (Lipinski definition) is 5. The van der Waals surface area contributed by atoms with E-state index >= 15 is 0 Å². The number of carboxylic acid groups (broad SMARTS) is 1. The van der Waals surface area contributed by atoms with Crippen LogP contribution in [0.4, 0.5) is 9.59 Å². The molecule has 144 valence electrons. The monoisotopic (exact) mass is 358 g/mol. The highest BCUT2D eigenvalue weighted by Gasteiger charge is 2.42. The highest BCUT2D eigenvalue weighted by Crippen LogP contribution is 2.22. The lowest BCUT2D eigenvalue weighted by Gasteiger charge is -2.20. The molecule has 1 N–H and O–H groups in total. The van der Waals surface area contributed by atoms with Gasteiger partial charge in [-0.05, 0) is 6.42 Å². The number of amides is 2. The second-order valence-corrected chi connectivity index (χ2v) is 6.52. The van der Waals surface area contributed by atoms with Crippen LogP contribution in [0.5, 0.6) is 0 Å². The Kier molecular flexibility index (Phi) is 9.08. The maximum Gasteiger partial charge on any atom is 0.410 e. The van der Waals surface area contributed by atoms with Gasteiger partial charge in [0.15, 0.2) is 0 Å². The zero-order valence-corrected chi connectivity index (χ0v) is 15.4. The highest BCUT2D eigenvalue weighted by atomic mass is 16.6. The van der Waals surface area contributed by atoms with Crippen LogP contribution in [0.3, 0.4) is 0 Å². The van der Waals surface area contributed by atoms with Gasteiger partial charge in [0.25, 0.3) is 0 Å². The second-order valence-electron chi connectivity index (χ2n) is 6.52. The smallest absolute Gasteiger partial charge is 0.410 e. The van der Waals surface area contributed by atoms with E-state index in [0.717, 1.165) is 24.2 Å². The largest absolute Gasteiger partial charge is 0.480 e. The van der Waals surface area contributed by atoms with Gasteiger partial charge < -0.3 is 19.5 Å². The molecule has 0 radical (unpaired) electrons. The van der Waals surface area contributed by atoms with Crippen LogP contribution in [0.1, 0.15) is 51.9 Å². The van der Waals surface area contributed by atoms with Gasteiger partial charge in [0.2, 0.25) is 0 Å². The first kappa shape index (κ1) is 21.1. The molecule has 8 nitrogen and oxygen atoms in total. The average Bonchev–Trinajstić information content (AvgIpc) is 2.98. The van der Waals surface area contributed by atoms with Crippen molar-refractivity contribution in [2.75, 3.05) is 27.2 Å². The first-order valence-electron chi connectivity index (χ1n) is 8.91. The van der Waals surface area contributed by atoms with Crippen molar-refractivity contribution in [2.24, 2.45) is 0 Å². The maximum absolute atomic E-state index is 12.2. The number of unbranched alkanes of at least 4 members (excludes halogenated alkanes) is 5. The van der Waals surface area contributed by atoms with Crippen LogP contribution < -0.4 is 0 Å². The summed E-state index contributed by atoms with van der Waals surface area (Å²) in [6, 6.07) is -1.03. The van der Waals surface area contributed by atoms with Crippen LogP contribution in [-0.4, -0.2) is 72.5 Å². The van der Waals surface area contributed by atoms with Crippen LogP contribution in [-0.2, 0) is 14.3 Å². The zero-order valence-electron chi connectivity index (χ0n) is 15.4. The van der Waals surface area contributed by atoms with Gasteiger partial charge in [-0.1, -0.05) is 39.0 Å². The average molecular weight is 358 g/mol. The van der Waals surface area contributed by atoms with Crippen LogP contribution in [0.15, 0.2) is 0 Å². The summed E-state index contributed by atoms with van der Waals surface area (Å²) >= 11 is 0. The summed E-state index contributed by atoms with van der Waals surface area (Å²) < 4.78 is 10.4. The van der Waals surface area contributed by atoms with Crippen molar-refractivity contribution in [3.8, 4) is 0 Å². The van der Waals surface area contributed by atoms with Gasteiger partial charge in [0.1, 0.15) is 12.1 Å². The van der Waals surface area contributed by atoms with Gasteiger partial charge >= 0.3 is 18.2 Å². The topological polar surface area (TPSA) is 96.4 Å². The summed E-state index contributed by atoms with van der Waals surface area (Å²) in [5, 5.41) is 9.29. The molecule has 0 unspecified atom stereocenters. The number of rotatable bonds is 9. The standard InChI is InChI=1S/C17H30N2O6/c1-4-5-6-7-8-9-10-24-17(23)19-12-13(11-14(19)15(20)21)25-16(22)18(2)3/h13-14H,4-12H2,1-3H3,(H,20,21)/t13-,14+/m1/s1. The Labute approximate surface area is 149 Å². The molecule has 1 heterocycles.